The fourth-order valence-electron chi connectivity index (χ4n) is 15.9. The minimum atomic E-state index is -0.206. The fourth-order valence-corrected chi connectivity index (χ4v) is 15.9. The van der Waals surface area contributed by atoms with Gasteiger partial charge in [-0.1, -0.05) is 160 Å². The van der Waals surface area contributed by atoms with Crippen LogP contribution in [0.1, 0.15) is 111 Å². The van der Waals surface area contributed by atoms with Crippen LogP contribution in [-0.2, 0) is 34.5 Å². The number of likely N-dealkylation sites (N-methyl/N-ethyl adjacent to an activating group) is 2. The molecule has 4 heterocycles. The summed E-state index contributed by atoms with van der Waals surface area (Å²) in [6.45, 7) is 4.94. The molecule has 4 heteroatoms. The molecule has 370 valence electrons. The van der Waals surface area contributed by atoms with E-state index in [2.05, 4.69) is 243 Å². The maximum absolute atomic E-state index is 2.51. The van der Waals surface area contributed by atoms with Gasteiger partial charge in [0.1, 0.15) is 14.1 Å². The monoisotopic (exact) mass is 969 g/mol. The molecule has 0 saturated heterocycles. The van der Waals surface area contributed by atoms with E-state index >= 15 is 0 Å². The van der Waals surface area contributed by atoms with Gasteiger partial charge in [0, 0.05) is 83.1 Å². The summed E-state index contributed by atoms with van der Waals surface area (Å²) in [5, 5.41) is 5.54. The van der Waals surface area contributed by atoms with E-state index in [4.69, 9.17) is 0 Å². The number of hydrogen-bond acceptors (Lipinski definition) is 2. The lowest BCUT2D eigenvalue weighted by Gasteiger charge is -2.32. The highest BCUT2D eigenvalue weighted by molar-refractivity contribution is 6.09. The molecular weight excluding hydrogens is 897 g/mol. The molecular formula is C70H72N4+2. The van der Waals surface area contributed by atoms with E-state index < -0.39 is 0 Å². The molecule has 2 fully saturated rings. The zero-order valence-corrected chi connectivity index (χ0v) is 44.6. The molecule has 74 heavy (non-hydrogen) atoms. The van der Waals surface area contributed by atoms with Crippen LogP contribution in [0.5, 0.6) is 0 Å². The van der Waals surface area contributed by atoms with Gasteiger partial charge in [-0.3, -0.25) is 0 Å². The number of anilines is 2. The van der Waals surface area contributed by atoms with Crippen LogP contribution in [0.4, 0.5) is 22.7 Å². The van der Waals surface area contributed by atoms with Gasteiger partial charge in [-0.05, 0) is 133 Å². The molecule has 0 aromatic heterocycles. The first-order valence-corrected chi connectivity index (χ1v) is 27.8. The van der Waals surface area contributed by atoms with Gasteiger partial charge in [-0.25, -0.2) is 0 Å². The first-order valence-electron chi connectivity index (χ1n) is 27.8. The summed E-state index contributed by atoms with van der Waals surface area (Å²) >= 11 is 0. The first kappa shape index (κ1) is 46.7. The molecule has 0 bridgehead atoms. The zero-order valence-electron chi connectivity index (χ0n) is 44.6. The number of fused-ring (bicyclic) bond motifs is 10. The van der Waals surface area contributed by atoms with Crippen molar-refractivity contribution in [3.05, 3.63) is 227 Å². The van der Waals surface area contributed by atoms with Gasteiger partial charge in [0.2, 0.25) is 11.4 Å². The summed E-state index contributed by atoms with van der Waals surface area (Å²) in [7, 11) is 9.13. The summed E-state index contributed by atoms with van der Waals surface area (Å²) in [5.41, 5.74) is 19.2. The standard InChI is InChI=1S/C70H72N4/c1-67(55-27-13-15-29-57(55)71(3)61(67)31-21-33-63-69(43-17-7-18-44-69)65-53-25-11-9-23-51(53)39-41-59(65)73(63)5)47-49-35-37-50(38-36-49)48-68(2)56-28-14-16-30-58(56)72(4)62(68)32-22-34-64-70(45-19-8-20-46-70)66-54-26-12-10-24-52(54)40-42-60(66)74(64)6/h9-16,21-42H,7-8,17-20,43-48H2,1-6H3/q+2. The summed E-state index contributed by atoms with van der Waals surface area (Å²) < 4.78 is 5.02. The molecule has 7 aromatic carbocycles. The van der Waals surface area contributed by atoms with E-state index in [0.717, 1.165) is 12.8 Å². The van der Waals surface area contributed by atoms with Crippen LogP contribution in [0.3, 0.4) is 0 Å². The van der Waals surface area contributed by atoms with Crippen LogP contribution in [0.25, 0.3) is 21.5 Å². The summed E-state index contributed by atoms with van der Waals surface area (Å²) in [5.74, 6) is 0. The van der Waals surface area contributed by atoms with Crippen LogP contribution < -0.4 is 9.80 Å². The number of hydrogen-bond donors (Lipinski definition) is 0. The predicted molar refractivity (Wildman–Crippen MR) is 312 cm³/mol. The molecule has 2 saturated carbocycles. The van der Waals surface area contributed by atoms with Crippen molar-refractivity contribution < 1.29 is 9.15 Å². The summed E-state index contributed by atoms with van der Waals surface area (Å²) in [4.78, 5) is 4.90. The maximum Gasteiger partial charge on any atom is 0.210 e. The Labute approximate surface area is 440 Å². The third kappa shape index (κ3) is 6.99. The first-order chi connectivity index (χ1) is 36.1. The van der Waals surface area contributed by atoms with Crippen LogP contribution in [0.2, 0.25) is 0 Å². The smallest absolute Gasteiger partial charge is 0.210 e. The molecule has 0 radical (unpaired) electrons. The van der Waals surface area contributed by atoms with Crippen LogP contribution in [0, 0.1) is 0 Å². The van der Waals surface area contributed by atoms with Gasteiger partial charge in [0.05, 0.1) is 10.8 Å². The van der Waals surface area contributed by atoms with Crippen molar-refractivity contribution in [1.82, 2.24) is 0 Å². The van der Waals surface area contributed by atoms with Crippen molar-refractivity contribution in [2.24, 2.45) is 0 Å². The van der Waals surface area contributed by atoms with Crippen molar-refractivity contribution in [2.75, 3.05) is 38.0 Å². The Morgan fingerprint density at radius 1 is 0.446 bits per heavy atom. The lowest BCUT2D eigenvalue weighted by atomic mass is 9.66. The number of para-hydroxylation sites is 2. The Morgan fingerprint density at radius 3 is 1.24 bits per heavy atom. The van der Waals surface area contributed by atoms with Crippen molar-refractivity contribution >= 4 is 55.7 Å². The number of benzene rings is 7. The highest BCUT2D eigenvalue weighted by Gasteiger charge is 2.53. The highest BCUT2D eigenvalue weighted by atomic mass is 15.2. The quantitative estimate of drug-likeness (QED) is 0.141. The van der Waals surface area contributed by atoms with E-state index in [1.54, 1.807) is 11.1 Å². The molecule has 2 unspecified atom stereocenters. The van der Waals surface area contributed by atoms with E-state index in [1.807, 2.05) is 0 Å². The Balaban J connectivity index is 0.800. The molecule has 2 spiro atoms. The Hall–Kier alpha value is -7.04. The van der Waals surface area contributed by atoms with Gasteiger partial charge in [-0.15, -0.1) is 0 Å². The Morgan fingerprint density at radius 2 is 0.824 bits per heavy atom. The second-order valence-corrected chi connectivity index (χ2v) is 23.3. The molecule has 2 atom stereocenters. The van der Waals surface area contributed by atoms with E-state index in [9.17, 15) is 0 Å². The van der Waals surface area contributed by atoms with Crippen LogP contribution in [0.15, 0.2) is 193 Å². The Bertz CT molecular complexity index is 3370. The molecule has 6 aliphatic rings. The van der Waals surface area contributed by atoms with Gasteiger partial charge in [0.15, 0.2) is 11.4 Å². The van der Waals surface area contributed by atoms with Gasteiger partial charge in [-0.2, -0.15) is 9.15 Å². The number of rotatable bonds is 8. The largest absolute Gasteiger partial charge is 0.347 e. The molecule has 13 rings (SSSR count). The average molecular weight is 969 g/mol. The third-order valence-corrected chi connectivity index (χ3v) is 19.3. The maximum atomic E-state index is 2.51. The zero-order chi connectivity index (χ0) is 50.4. The Kier molecular flexibility index (Phi) is 11.3. The van der Waals surface area contributed by atoms with E-state index in [1.165, 1.54) is 154 Å². The molecule has 0 amide bonds. The molecule has 2 aliphatic carbocycles. The number of allylic oxidation sites excluding steroid dienone is 8. The van der Waals surface area contributed by atoms with Crippen molar-refractivity contribution in [3.63, 3.8) is 0 Å². The second-order valence-electron chi connectivity index (χ2n) is 23.3. The average Bonchev–Trinajstić information content (AvgIpc) is 3.98. The topological polar surface area (TPSA) is 12.5 Å². The highest BCUT2D eigenvalue weighted by Crippen LogP contribution is 2.55. The molecule has 7 aromatic rings. The molecule has 4 nitrogen and oxygen atoms in total. The number of nitrogens with zero attached hydrogens (tertiary/aromatic N) is 4. The lowest BCUT2D eigenvalue weighted by Crippen LogP contribution is -2.36. The second kappa shape index (κ2) is 17.8. The van der Waals surface area contributed by atoms with Crippen molar-refractivity contribution in [1.29, 1.82) is 0 Å². The molecule has 0 N–H and O–H groups in total. The van der Waals surface area contributed by atoms with Crippen molar-refractivity contribution in [3.8, 4) is 0 Å². The van der Waals surface area contributed by atoms with Crippen LogP contribution in [-0.4, -0.2) is 48.8 Å². The van der Waals surface area contributed by atoms with E-state index in [-0.39, 0.29) is 21.7 Å². The van der Waals surface area contributed by atoms with Gasteiger partial charge < -0.3 is 9.80 Å². The van der Waals surface area contributed by atoms with Crippen molar-refractivity contribution in [2.45, 2.75) is 113 Å². The minimum absolute atomic E-state index is 0.0426. The normalized spacial score (nSPS) is 23.8. The SMILES string of the molecule is CN1/C(=C\C=C\C2=[N+](C)c3ccc4ccccc4c3C23CCCCC3)C(C)(Cc2ccc(CC3(C)/C(=C/C=C/C4=[N+](C)c5ccc6ccccc6c5C45CCCCC5)N(C)c4ccccc43)cc2)c2ccccc21. The van der Waals surface area contributed by atoms with Gasteiger partial charge in [0.25, 0.3) is 0 Å². The van der Waals surface area contributed by atoms with Crippen LogP contribution >= 0.6 is 0 Å². The third-order valence-electron chi connectivity index (χ3n) is 19.3. The lowest BCUT2D eigenvalue weighted by molar-refractivity contribution is -0.401. The molecule has 4 aliphatic heterocycles. The predicted octanol–water partition coefficient (Wildman–Crippen LogP) is 16.0. The summed E-state index contributed by atoms with van der Waals surface area (Å²) in [6.07, 6.45) is 29.0. The van der Waals surface area contributed by atoms with E-state index in [0.29, 0.717) is 0 Å². The summed E-state index contributed by atoms with van der Waals surface area (Å²) in [6, 6.07) is 55.3. The fraction of sp³-hybridized carbons (Fsp3) is 0.314. The van der Waals surface area contributed by atoms with Gasteiger partial charge >= 0.3 is 0 Å². The minimum Gasteiger partial charge on any atom is -0.347 e.